The van der Waals surface area contributed by atoms with Crippen molar-refractivity contribution in [3.8, 4) is 0 Å². The number of carbonyl (C=O) groups is 1. The van der Waals surface area contributed by atoms with E-state index in [-0.39, 0.29) is 29.2 Å². The Labute approximate surface area is 184 Å². The number of likely N-dealkylation sites (tertiary alicyclic amines) is 1. The summed E-state index contributed by atoms with van der Waals surface area (Å²) in [5.41, 5.74) is 2.45. The number of amides is 1. The van der Waals surface area contributed by atoms with Crippen molar-refractivity contribution < 1.29 is 14.3 Å². The van der Waals surface area contributed by atoms with Crippen molar-refractivity contribution in [1.29, 1.82) is 0 Å². The molecule has 1 saturated heterocycles. The number of aryl methyl sites for hydroxylation is 1. The third-order valence-corrected chi connectivity index (χ3v) is 6.11. The smallest absolute Gasteiger partial charge is 0.326 e. The molecular weight excluding hydrogens is 408 g/mol. The second-order valence-corrected chi connectivity index (χ2v) is 8.11. The van der Waals surface area contributed by atoms with Crippen LogP contribution in [-0.4, -0.2) is 43.5 Å². The molecule has 1 atom stereocenters. The van der Waals surface area contributed by atoms with Gasteiger partial charge in [-0.25, -0.2) is 9.78 Å². The molecule has 1 amide bonds. The molecule has 3 heterocycles. The molecule has 0 saturated carbocycles. The first kappa shape index (κ1) is 20.3. The van der Waals surface area contributed by atoms with E-state index in [1.807, 2.05) is 42.5 Å². The number of nitrogens with zero attached hydrogens (tertiary/aromatic N) is 3. The minimum atomic E-state index is -1.03. The predicted molar refractivity (Wildman–Crippen MR) is 118 cm³/mol. The zero-order chi connectivity index (χ0) is 22.2. The molecule has 8 nitrogen and oxygen atoms in total. The van der Waals surface area contributed by atoms with Gasteiger partial charge in [0.05, 0.1) is 11.0 Å². The summed E-state index contributed by atoms with van der Waals surface area (Å²) < 4.78 is 7.43. The number of hydrogen-bond acceptors (Lipinski definition) is 5. The Morgan fingerprint density at radius 3 is 2.56 bits per heavy atom. The Hall–Kier alpha value is -3.65. The van der Waals surface area contributed by atoms with Crippen LogP contribution in [0.1, 0.15) is 52.7 Å². The lowest BCUT2D eigenvalue weighted by Gasteiger charge is -2.32. The molecule has 5 rings (SSSR count). The molecule has 1 fully saturated rings. The molecule has 1 unspecified atom stereocenters. The zero-order valence-electron chi connectivity index (χ0n) is 17.7. The van der Waals surface area contributed by atoms with Crippen molar-refractivity contribution in [1.82, 2.24) is 19.4 Å². The Bertz CT molecular complexity index is 1310. The SMILES string of the molecule is Cc1oc(C(O)c2ccccc2)nc1C(=O)N1CCC(n2c(=O)[nH]c3ccccc32)CC1. The van der Waals surface area contributed by atoms with Crippen LogP contribution in [0.25, 0.3) is 11.0 Å². The number of aliphatic hydroxyl groups excluding tert-OH is 1. The fourth-order valence-corrected chi connectivity index (χ4v) is 4.42. The van der Waals surface area contributed by atoms with Gasteiger partial charge in [0.1, 0.15) is 5.76 Å². The first-order chi connectivity index (χ1) is 15.5. The molecule has 1 aliphatic heterocycles. The lowest BCUT2D eigenvalue weighted by atomic mass is 10.0. The molecule has 0 spiro atoms. The van der Waals surface area contributed by atoms with Gasteiger partial charge in [-0.05, 0) is 37.5 Å². The molecule has 2 aromatic heterocycles. The number of piperidine rings is 1. The van der Waals surface area contributed by atoms with E-state index in [1.165, 1.54) is 0 Å². The first-order valence-corrected chi connectivity index (χ1v) is 10.7. The highest BCUT2D eigenvalue weighted by molar-refractivity contribution is 5.93. The number of aromatic amines is 1. The van der Waals surface area contributed by atoms with Crippen LogP contribution in [0.2, 0.25) is 0 Å². The number of para-hydroxylation sites is 2. The van der Waals surface area contributed by atoms with Crippen molar-refractivity contribution in [2.45, 2.75) is 31.9 Å². The second kappa shape index (κ2) is 8.12. The zero-order valence-corrected chi connectivity index (χ0v) is 17.7. The van der Waals surface area contributed by atoms with E-state index < -0.39 is 6.10 Å². The van der Waals surface area contributed by atoms with Crippen molar-refractivity contribution in [3.63, 3.8) is 0 Å². The number of imidazole rings is 1. The number of fused-ring (bicyclic) bond motifs is 1. The quantitative estimate of drug-likeness (QED) is 0.515. The highest BCUT2D eigenvalue weighted by Crippen LogP contribution is 2.28. The third-order valence-electron chi connectivity index (χ3n) is 6.11. The summed E-state index contributed by atoms with van der Waals surface area (Å²) >= 11 is 0. The number of nitrogens with one attached hydrogen (secondary N) is 1. The van der Waals surface area contributed by atoms with Crippen LogP contribution in [0.15, 0.2) is 63.8 Å². The number of H-pyrrole nitrogens is 1. The maximum absolute atomic E-state index is 13.1. The summed E-state index contributed by atoms with van der Waals surface area (Å²) in [6, 6.07) is 16.7. The summed E-state index contributed by atoms with van der Waals surface area (Å²) in [5.74, 6) is 0.273. The molecule has 1 aliphatic rings. The number of rotatable bonds is 4. The summed E-state index contributed by atoms with van der Waals surface area (Å²) in [4.78, 5) is 34.5. The van der Waals surface area contributed by atoms with Gasteiger partial charge < -0.3 is 19.4 Å². The number of aliphatic hydroxyl groups is 1. The van der Waals surface area contributed by atoms with Gasteiger partial charge in [0, 0.05) is 19.1 Å². The molecule has 0 radical (unpaired) electrons. The summed E-state index contributed by atoms with van der Waals surface area (Å²) in [6.07, 6.45) is 0.310. The Kier molecular flexibility index (Phi) is 5.14. The number of carbonyl (C=O) groups excluding carboxylic acids is 1. The average molecular weight is 432 g/mol. The van der Waals surface area contributed by atoms with E-state index in [1.54, 1.807) is 28.5 Å². The lowest BCUT2D eigenvalue weighted by molar-refractivity contribution is 0.0688. The molecule has 32 heavy (non-hydrogen) atoms. The number of hydrogen-bond donors (Lipinski definition) is 2. The summed E-state index contributed by atoms with van der Waals surface area (Å²) in [7, 11) is 0. The van der Waals surface area contributed by atoms with E-state index in [0.717, 1.165) is 11.0 Å². The van der Waals surface area contributed by atoms with Crippen LogP contribution >= 0.6 is 0 Å². The van der Waals surface area contributed by atoms with Gasteiger partial charge in [0.2, 0.25) is 5.89 Å². The molecular formula is C24H24N4O4. The van der Waals surface area contributed by atoms with Crippen LogP contribution in [-0.2, 0) is 0 Å². The molecule has 0 aliphatic carbocycles. The summed E-state index contributed by atoms with van der Waals surface area (Å²) in [5, 5.41) is 10.6. The maximum atomic E-state index is 13.1. The van der Waals surface area contributed by atoms with Crippen LogP contribution in [0, 0.1) is 6.92 Å². The van der Waals surface area contributed by atoms with Gasteiger partial charge >= 0.3 is 5.69 Å². The van der Waals surface area contributed by atoms with Crippen LogP contribution < -0.4 is 5.69 Å². The number of aromatic nitrogens is 3. The number of oxazole rings is 1. The fraction of sp³-hybridized carbons (Fsp3) is 0.292. The topological polar surface area (TPSA) is 104 Å². The van der Waals surface area contributed by atoms with Crippen LogP contribution in [0.3, 0.4) is 0 Å². The fourth-order valence-electron chi connectivity index (χ4n) is 4.42. The van der Waals surface area contributed by atoms with E-state index in [0.29, 0.717) is 37.3 Å². The van der Waals surface area contributed by atoms with Crippen LogP contribution in [0.5, 0.6) is 0 Å². The molecule has 8 heteroatoms. The van der Waals surface area contributed by atoms with E-state index in [4.69, 9.17) is 4.42 Å². The lowest BCUT2D eigenvalue weighted by Crippen LogP contribution is -2.40. The molecule has 2 N–H and O–H groups in total. The van der Waals surface area contributed by atoms with Gasteiger partial charge in [-0.3, -0.25) is 9.36 Å². The van der Waals surface area contributed by atoms with Gasteiger partial charge in [-0.1, -0.05) is 42.5 Å². The van der Waals surface area contributed by atoms with Crippen LogP contribution in [0.4, 0.5) is 0 Å². The Balaban J connectivity index is 1.31. The van der Waals surface area contributed by atoms with Crippen molar-refractivity contribution in [2.75, 3.05) is 13.1 Å². The number of benzene rings is 2. The normalized spacial score (nSPS) is 15.9. The molecule has 4 aromatic rings. The van der Waals surface area contributed by atoms with E-state index >= 15 is 0 Å². The first-order valence-electron chi connectivity index (χ1n) is 10.7. The second-order valence-electron chi connectivity index (χ2n) is 8.11. The minimum Gasteiger partial charge on any atom is -0.442 e. The molecule has 164 valence electrons. The van der Waals surface area contributed by atoms with Gasteiger partial charge in [0.15, 0.2) is 11.8 Å². The third kappa shape index (κ3) is 3.52. The monoisotopic (exact) mass is 432 g/mol. The highest BCUT2D eigenvalue weighted by Gasteiger charge is 2.30. The Morgan fingerprint density at radius 1 is 1.12 bits per heavy atom. The largest absolute Gasteiger partial charge is 0.442 e. The highest BCUT2D eigenvalue weighted by atomic mass is 16.4. The standard InChI is InChI=1S/C24H24N4O4/c1-15-20(26-22(32-15)21(29)16-7-3-2-4-8-16)23(30)27-13-11-17(12-14-27)28-19-10-6-5-9-18(19)25-24(28)31/h2-10,17,21,29H,11-14H2,1H3,(H,25,31). The van der Waals surface area contributed by atoms with Crippen molar-refractivity contribution >= 4 is 16.9 Å². The molecule has 2 aromatic carbocycles. The maximum Gasteiger partial charge on any atom is 0.326 e. The predicted octanol–water partition coefficient (Wildman–Crippen LogP) is 3.19. The Morgan fingerprint density at radius 2 is 1.81 bits per heavy atom. The minimum absolute atomic E-state index is 0.0246. The van der Waals surface area contributed by atoms with Gasteiger partial charge in [-0.2, -0.15) is 0 Å². The van der Waals surface area contributed by atoms with E-state index in [2.05, 4.69) is 9.97 Å². The van der Waals surface area contributed by atoms with Crippen molar-refractivity contribution in [3.05, 3.63) is 88.0 Å². The van der Waals surface area contributed by atoms with Crippen molar-refractivity contribution in [2.24, 2.45) is 0 Å². The summed E-state index contributed by atoms with van der Waals surface area (Å²) in [6.45, 7) is 2.70. The average Bonchev–Trinajstić information content (AvgIpc) is 3.38. The van der Waals surface area contributed by atoms with E-state index in [9.17, 15) is 14.7 Å². The molecule has 0 bridgehead atoms. The van der Waals surface area contributed by atoms with Gasteiger partial charge in [-0.15, -0.1) is 0 Å². The van der Waals surface area contributed by atoms with Gasteiger partial charge in [0.25, 0.3) is 5.91 Å².